The molecule has 0 spiro atoms. The molecular formula is C15H20Cl2N2O3. The van der Waals surface area contributed by atoms with Crippen LogP contribution in [0.15, 0.2) is 12.1 Å². The molecule has 1 N–H and O–H groups in total. The van der Waals surface area contributed by atoms with Crippen molar-refractivity contribution >= 4 is 34.9 Å². The van der Waals surface area contributed by atoms with Crippen LogP contribution in [-0.4, -0.2) is 50.4 Å². The van der Waals surface area contributed by atoms with Gasteiger partial charge in [-0.05, 0) is 31.0 Å². The van der Waals surface area contributed by atoms with Crippen molar-refractivity contribution in [2.45, 2.75) is 19.4 Å². The highest BCUT2D eigenvalue weighted by molar-refractivity contribution is 6.36. The van der Waals surface area contributed by atoms with E-state index in [4.69, 9.17) is 32.7 Å². The highest BCUT2D eigenvalue weighted by atomic mass is 35.5. The predicted molar refractivity (Wildman–Crippen MR) is 88.0 cm³/mol. The van der Waals surface area contributed by atoms with Crippen LogP contribution in [0.1, 0.15) is 12.0 Å². The summed E-state index contributed by atoms with van der Waals surface area (Å²) in [5, 5.41) is 3.84. The van der Waals surface area contributed by atoms with E-state index in [0.717, 1.165) is 12.0 Å². The van der Waals surface area contributed by atoms with Crippen LogP contribution in [0, 0.1) is 6.92 Å². The normalized spacial score (nSPS) is 17.8. The maximum absolute atomic E-state index is 12.3. The summed E-state index contributed by atoms with van der Waals surface area (Å²) in [6.45, 7) is 4.17. The largest absolute Gasteiger partial charge is 0.382 e. The molecule has 1 fully saturated rings. The molecule has 1 aromatic rings. The second-order valence-corrected chi connectivity index (χ2v) is 6.05. The summed E-state index contributed by atoms with van der Waals surface area (Å²) in [6, 6.07) is 3.21. The molecule has 1 heterocycles. The molecule has 2 amide bonds. The SMILES string of the molecule is COCCO[C@@H]1CCN(C(=O)Nc2cc(Cl)c(C)cc2Cl)C1. The van der Waals surface area contributed by atoms with Gasteiger partial charge in [0.2, 0.25) is 0 Å². The Morgan fingerprint density at radius 3 is 2.86 bits per heavy atom. The number of benzene rings is 1. The molecule has 5 nitrogen and oxygen atoms in total. The first-order chi connectivity index (χ1) is 10.5. The van der Waals surface area contributed by atoms with E-state index in [-0.39, 0.29) is 12.1 Å². The fourth-order valence-corrected chi connectivity index (χ4v) is 2.71. The summed E-state index contributed by atoms with van der Waals surface area (Å²) in [6.07, 6.45) is 0.873. The molecule has 0 aliphatic carbocycles. The first-order valence-electron chi connectivity index (χ1n) is 7.13. The number of nitrogens with one attached hydrogen (secondary N) is 1. The highest BCUT2D eigenvalue weighted by Crippen LogP contribution is 2.29. The second-order valence-electron chi connectivity index (χ2n) is 5.23. The van der Waals surface area contributed by atoms with Gasteiger partial charge in [0.05, 0.1) is 30.0 Å². The van der Waals surface area contributed by atoms with Crippen molar-refractivity contribution in [3.05, 3.63) is 27.7 Å². The van der Waals surface area contributed by atoms with Crippen molar-refractivity contribution in [2.24, 2.45) is 0 Å². The Morgan fingerprint density at radius 2 is 2.14 bits per heavy atom. The number of hydrogen-bond donors (Lipinski definition) is 1. The number of anilines is 1. The van der Waals surface area contributed by atoms with Crippen LogP contribution in [0.2, 0.25) is 10.0 Å². The number of likely N-dealkylation sites (tertiary alicyclic amines) is 1. The van der Waals surface area contributed by atoms with E-state index in [9.17, 15) is 4.79 Å². The number of nitrogens with zero attached hydrogens (tertiary/aromatic N) is 1. The van der Waals surface area contributed by atoms with Crippen molar-refractivity contribution < 1.29 is 14.3 Å². The fourth-order valence-electron chi connectivity index (χ4n) is 2.28. The van der Waals surface area contributed by atoms with E-state index >= 15 is 0 Å². The highest BCUT2D eigenvalue weighted by Gasteiger charge is 2.27. The minimum atomic E-state index is -0.195. The Kier molecular flexibility index (Phi) is 6.32. The molecule has 1 atom stereocenters. The number of aryl methyl sites for hydroxylation is 1. The van der Waals surface area contributed by atoms with Gasteiger partial charge in [0.15, 0.2) is 0 Å². The van der Waals surface area contributed by atoms with Gasteiger partial charge in [-0.3, -0.25) is 0 Å². The predicted octanol–water partition coefficient (Wildman–Crippen LogP) is 3.57. The third-order valence-electron chi connectivity index (χ3n) is 3.56. The van der Waals surface area contributed by atoms with Gasteiger partial charge in [0.25, 0.3) is 0 Å². The molecule has 122 valence electrons. The van der Waals surface area contributed by atoms with Crippen LogP contribution in [0.3, 0.4) is 0 Å². The molecule has 22 heavy (non-hydrogen) atoms. The first-order valence-corrected chi connectivity index (χ1v) is 7.89. The first kappa shape index (κ1) is 17.3. The van der Waals surface area contributed by atoms with Crippen LogP contribution in [0.5, 0.6) is 0 Å². The summed E-state index contributed by atoms with van der Waals surface area (Å²) >= 11 is 12.2. The number of ether oxygens (including phenoxy) is 2. The van der Waals surface area contributed by atoms with Crippen LogP contribution in [0.4, 0.5) is 10.5 Å². The number of carbonyl (C=O) groups is 1. The van der Waals surface area contributed by atoms with Crippen LogP contribution in [0.25, 0.3) is 0 Å². The minimum absolute atomic E-state index is 0.0537. The molecule has 0 aromatic heterocycles. The number of halogens is 2. The number of carbonyl (C=O) groups excluding carboxylic acids is 1. The van der Waals surface area contributed by atoms with E-state index in [1.54, 1.807) is 24.1 Å². The summed E-state index contributed by atoms with van der Waals surface area (Å²) in [7, 11) is 1.63. The van der Waals surface area contributed by atoms with Crippen molar-refractivity contribution in [1.82, 2.24) is 4.90 Å². The van der Waals surface area contributed by atoms with Crippen molar-refractivity contribution in [2.75, 3.05) is 38.7 Å². The van der Waals surface area contributed by atoms with Crippen molar-refractivity contribution in [3.8, 4) is 0 Å². The Hall–Kier alpha value is -1.01. The third kappa shape index (κ3) is 4.49. The smallest absolute Gasteiger partial charge is 0.321 e. The lowest BCUT2D eigenvalue weighted by Gasteiger charge is -2.18. The summed E-state index contributed by atoms with van der Waals surface area (Å²) in [4.78, 5) is 14.0. The van der Waals surface area contributed by atoms with E-state index in [1.807, 2.05) is 6.92 Å². The zero-order valence-corrected chi connectivity index (χ0v) is 14.2. The third-order valence-corrected chi connectivity index (χ3v) is 4.28. The Labute approximate surface area is 140 Å². The summed E-state index contributed by atoms with van der Waals surface area (Å²) in [5.41, 5.74) is 1.39. The average molecular weight is 347 g/mol. The van der Waals surface area contributed by atoms with E-state index in [0.29, 0.717) is 42.0 Å². The molecule has 2 rings (SSSR count). The topological polar surface area (TPSA) is 50.8 Å². The molecule has 1 aromatic carbocycles. The van der Waals surface area contributed by atoms with Crippen LogP contribution >= 0.6 is 23.2 Å². The number of amides is 2. The standard InChI is InChI=1S/C15H20Cl2N2O3/c1-10-7-13(17)14(8-12(10)16)18-15(20)19-4-3-11(9-19)22-6-5-21-2/h7-8,11H,3-6,9H2,1-2H3,(H,18,20)/t11-/m1/s1. The molecule has 1 aliphatic rings. The lowest BCUT2D eigenvalue weighted by atomic mass is 10.2. The number of methoxy groups -OCH3 is 1. The molecular weight excluding hydrogens is 327 g/mol. The van der Waals surface area contributed by atoms with Gasteiger partial charge in [-0.1, -0.05) is 23.2 Å². The van der Waals surface area contributed by atoms with Gasteiger partial charge in [-0.15, -0.1) is 0 Å². The zero-order valence-electron chi connectivity index (χ0n) is 12.7. The van der Waals surface area contributed by atoms with Crippen LogP contribution in [-0.2, 0) is 9.47 Å². The molecule has 0 unspecified atom stereocenters. The minimum Gasteiger partial charge on any atom is -0.382 e. The van der Waals surface area contributed by atoms with Gasteiger partial charge in [0.1, 0.15) is 0 Å². The molecule has 0 bridgehead atoms. The summed E-state index contributed by atoms with van der Waals surface area (Å²) < 4.78 is 10.6. The Bertz CT molecular complexity index is 540. The van der Waals surface area contributed by atoms with Crippen LogP contribution < -0.4 is 5.32 Å². The summed E-state index contributed by atoms with van der Waals surface area (Å²) in [5.74, 6) is 0. The van der Waals surface area contributed by atoms with Gasteiger partial charge < -0.3 is 19.7 Å². The molecule has 0 radical (unpaired) electrons. The van der Waals surface area contributed by atoms with Gasteiger partial charge in [-0.2, -0.15) is 0 Å². The molecule has 1 aliphatic heterocycles. The Balaban J connectivity index is 1.89. The fraction of sp³-hybridized carbons (Fsp3) is 0.533. The molecule has 7 heteroatoms. The lowest BCUT2D eigenvalue weighted by molar-refractivity contribution is 0.0239. The second kappa shape index (κ2) is 8.02. The van der Waals surface area contributed by atoms with E-state index in [1.165, 1.54) is 0 Å². The van der Waals surface area contributed by atoms with Gasteiger partial charge >= 0.3 is 6.03 Å². The van der Waals surface area contributed by atoms with Gasteiger partial charge in [0, 0.05) is 25.2 Å². The molecule has 1 saturated heterocycles. The van der Waals surface area contributed by atoms with Crippen molar-refractivity contribution in [3.63, 3.8) is 0 Å². The van der Waals surface area contributed by atoms with E-state index in [2.05, 4.69) is 5.32 Å². The Morgan fingerprint density at radius 1 is 1.36 bits per heavy atom. The number of hydrogen-bond acceptors (Lipinski definition) is 3. The molecule has 0 saturated carbocycles. The maximum Gasteiger partial charge on any atom is 0.321 e. The van der Waals surface area contributed by atoms with Crippen molar-refractivity contribution in [1.29, 1.82) is 0 Å². The van der Waals surface area contributed by atoms with E-state index < -0.39 is 0 Å². The monoisotopic (exact) mass is 346 g/mol. The quantitative estimate of drug-likeness (QED) is 0.829. The average Bonchev–Trinajstić information content (AvgIpc) is 2.94. The number of rotatable bonds is 5. The number of urea groups is 1. The lowest BCUT2D eigenvalue weighted by Crippen LogP contribution is -2.34. The van der Waals surface area contributed by atoms with Gasteiger partial charge in [-0.25, -0.2) is 4.79 Å². The zero-order chi connectivity index (χ0) is 16.1. The maximum atomic E-state index is 12.3.